The summed E-state index contributed by atoms with van der Waals surface area (Å²) in [5.41, 5.74) is 6.22. The lowest BCUT2D eigenvalue weighted by molar-refractivity contribution is -0.123. The fourth-order valence-electron chi connectivity index (χ4n) is 1.39. The van der Waals surface area contributed by atoms with Gasteiger partial charge in [0.2, 0.25) is 5.91 Å². The topological polar surface area (TPSA) is 84.6 Å². The predicted octanol–water partition coefficient (Wildman–Crippen LogP) is 0.463. The average molecular weight is 273 g/mol. The van der Waals surface area contributed by atoms with E-state index in [1.165, 1.54) is 7.11 Å². The lowest BCUT2D eigenvalue weighted by Crippen LogP contribution is -2.44. The van der Waals surface area contributed by atoms with Crippen molar-refractivity contribution in [3.63, 3.8) is 0 Å². The quantitative estimate of drug-likeness (QED) is 0.703. The van der Waals surface area contributed by atoms with E-state index < -0.39 is 12.1 Å². The SMILES string of the molecule is COCC(N)C(=O)NCC(O)c1ccc(Cl)cc1. The number of nitrogens with two attached hydrogens (primary N) is 1. The average Bonchev–Trinajstić information content (AvgIpc) is 2.36. The van der Waals surface area contributed by atoms with E-state index in [1.54, 1.807) is 24.3 Å². The summed E-state index contributed by atoms with van der Waals surface area (Å²) < 4.78 is 4.77. The molecule has 1 aromatic carbocycles. The molecule has 5 nitrogen and oxygen atoms in total. The smallest absolute Gasteiger partial charge is 0.239 e. The number of carbonyl (C=O) groups is 1. The van der Waals surface area contributed by atoms with Gasteiger partial charge in [0.05, 0.1) is 12.7 Å². The zero-order valence-electron chi connectivity index (χ0n) is 10.1. The number of aliphatic hydroxyl groups excluding tert-OH is 1. The van der Waals surface area contributed by atoms with E-state index in [9.17, 15) is 9.90 Å². The van der Waals surface area contributed by atoms with Gasteiger partial charge in [0.15, 0.2) is 0 Å². The van der Waals surface area contributed by atoms with Crippen molar-refractivity contribution in [1.82, 2.24) is 5.32 Å². The van der Waals surface area contributed by atoms with Crippen molar-refractivity contribution < 1.29 is 14.6 Å². The van der Waals surface area contributed by atoms with Crippen LogP contribution in [0.1, 0.15) is 11.7 Å². The molecule has 0 saturated carbocycles. The van der Waals surface area contributed by atoms with Gasteiger partial charge < -0.3 is 20.9 Å². The molecule has 0 aliphatic carbocycles. The van der Waals surface area contributed by atoms with Crippen LogP contribution in [0.15, 0.2) is 24.3 Å². The third-order valence-electron chi connectivity index (χ3n) is 2.41. The van der Waals surface area contributed by atoms with Gasteiger partial charge in [-0.05, 0) is 17.7 Å². The largest absolute Gasteiger partial charge is 0.387 e. The van der Waals surface area contributed by atoms with Crippen LogP contribution in [0.4, 0.5) is 0 Å². The lowest BCUT2D eigenvalue weighted by Gasteiger charge is -2.15. The highest BCUT2D eigenvalue weighted by Crippen LogP contribution is 2.15. The normalized spacial score (nSPS) is 14.0. The maximum Gasteiger partial charge on any atom is 0.239 e. The van der Waals surface area contributed by atoms with Gasteiger partial charge in [-0.1, -0.05) is 23.7 Å². The van der Waals surface area contributed by atoms with Gasteiger partial charge in [0, 0.05) is 18.7 Å². The number of hydrogen-bond acceptors (Lipinski definition) is 4. The molecule has 6 heteroatoms. The molecule has 0 aromatic heterocycles. The zero-order valence-corrected chi connectivity index (χ0v) is 10.9. The van der Waals surface area contributed by atoms with E-state index in [-0.39, 0.29) is 19.1 Å². The van der Waals surface area contributed by atoms with Gasteiger partial charge in [-0.3, -0.25) is 4.79 Å². The summed E-state index contributed by atoms with van der Waals surface area (Å²) in [6.45, 7) is 0.237. The molecule has 18 heavy (non-hydrogen) atoms. The Morgan fingerprint density at radius 2 is 2.11 bits per heavy atom. The van der Waals surface area contributed by atoms with E-state index in [0.29, 0.717) is 10.6 Å². The van der Waals surface area contributed by atoms with Crippen molar-refractivity contribution >= 4 is 17.5 Å². The Labute approximate surface area is 111 Å². The number of methoxy groups -OCH3 is 1. The predicted molar refractivity (Wildman–Crippen MR) is 69.3 cm³/mol. The third kappa shape index (κ3) is 4.62. The molecule has 1 rings (SSSR count). The van der Waals surface area contributed by atoms with Gasteiger partial charge in [-0.25, -0.2) is 0 Å². The molecule has 0 spiro atoms. The number of halogens is 1. The van der Waals surface area contributed by atoms with E-state index in [4.69, 9.17) is 22.1 Å². The molecule has 2 atom stereocenters. The first-order valence-electron chi connectivity index (χ1n) is 5.50. The molecular weight excluding hydrogens is 256 g/mol. The molecule has 0 radical (unpaired) electrons. The van der Waals surface area contributed by atoms with Gasteiger partial charge in [-0.15, -0.1) is 0 Å². The second-order valence-corrected chi connectivity index (χ2v) is 4.31. The van der Waals surface area contributed by atoms with Crippen LogP contribution in [-0.4, -0.2) is 37.3 Å². The van der Waals surface area contributed by atoms with Gasteiger partial charge in [0.25, 0.3) is 0 Å². The Morgan fingerprint density at radius 3 is 2.67 bits per heavy atom. The number of amides is 1. The van der Waals surface area contributed by atoms with E-state index >= 15 is 0 Å². The molecule has 0 bridgehead atoms. The summed E-state index contributed by atoms with van der Waals surface area (Å²) in [7, 11) is 1.47. The van der Waals surface area contributed by atoms with Crippen molar-refractivity contribution in [2.24, 2.45) is 5.73 Å². The molecule has 0 saturated heterocycles. The van der Waals surface area contributed by atoms with Crippen LogP contribution in [-0.2, 0) is 9.53 Å². The zero-order chi connectivity index (χ0) is 13.5. The molecule has 100 valence electrons. The number of rotatable bonds is 6. The number of benzene rings is 1. The summed E-state index contributed by atoms with van der Waals surface area (Å²) in [5.74, 6) is -0.357. The fourth-order valence-corrected chi connectivity index (χ4v) is 1.51. The van der Waals surface area contributed by atoms with Crippen LogP contribution in [0.25, 0.3) is 0 Å². The van der Waals surface area contributed by atoms with Gasteiger partial charge in [-0.2, -0.15) is 0 Å². The van der Waals surface area contributed by atoms with Crippen molar-refractivity contribution in [3.05, 3.63) is 34.9 Å². The van der Waals surface area contributed by atoms with Crippen molar-refractivity contribution in [1.29, 1.82) is 0 Å². The maximum absolute atomic E-state index is 11.5. The molecule has 1 aromatic rings. The Kier molecular flexibility index (Phi) is 6.07. The lowest BCUT2D eigenvalue weighted by atomic mass is 10.1. The maximum atomic E-state index is 11.5. The standard InChI is InChI=1S/C12H17ClN2O3/c1-18-7-10(14)12(17)15-6-11(16)8-2-4-9(13)5-3-8/h2-5,10-11,16H,6-7,14H2,1H3,(H,15,17). The summed E-state index contributed by atoms with van der Waals surface area (Å²) in [6, 6.07) is 6.03. The van der Waals surface area contributed by atoms with Crippen LogP contribution >= 0.6 is 11.6 Å². The Morgan fingerprint density at radius 1 is 1.50 bits per heavy atom. The van der Waals surface area contributed by atoms with Gasteiger partial charge in [0.1, 0.15) is 6.04 Å². The molecule has 0 heterocycles. The van der Waals surface area contributed by atoms with Crippen LogP contribution in [0, 0.1) is 0 Å². The first-order chi connectivity index (χ1) is 8.54. The monoisotopic (exact) mass is 272 g/mol. The number of ether oxygens (including phenoxy) is 1. The minimum Gasteiger partial charge on any atom is -0.387 e. The first kappa shape index (κ1) is 14.9. The minimum absolute atomic E-state index is 0.0951. The minimum atomic E-state index is -0.791. The Hall–Kier alpha value is -1.14. The number of aliphatic hydroxyl groups is 1. The van der Waals surface area contributed by atoms with Crippen molar-refractivity contribution in [3.8, 4) is 0 Å². The number of carbonyl (C=O) groups excluding carboxylic acids is 1. The molecule has 0 aliphatic heterocycles. The molecular formula is C12H17ClN2O3. The van der Waals surface area contributed by atoms with Crippen LogP contribution in [0.3, 0.4) is 0 Å². The second-order valence-electron chi connectivity index (χ2n) is 3.87. The molecule has 1 amide bonds. The Bertz CT molecular complexity index is 383. The summed E-state index contributed by atoms with van der Waals surface area (Å²) in [5, 5.41) is 13.0. The van der Waals surface area contributed by atoms with Gasteiger partial charge >= 0.3 is 0 Å². The van der Waals surface area contributed by atoms with E-state index in [2.05, 4.69) is 5.32 Å². The first-order valence-corrected chi connectivity index (χ1v) is 5.88. The Balaban J connectivity index is 2.43. The molecule has 4 N–H and O–H groups in total. The van der Waals surface area contributed by atoms with Crippen molar-refractivity contribution in [2.45, 2.75) is 12.1 Å². The van der Waals surface area contributed by atoms with Crippen LogP contribution in [0.5, 0.6) is 0 Å². The van der Waals surface area contributed by atoms with Crippen LogP contribution < -0.4 is 11.1 Å². The van der Waals surface area contributed by atoms with E-state index in [0.717, 1.165) is 0 Å². The van der Waals surface area contributed by atoms with Crippen molar-refractivity contribution in [2.75, 3.05) is 20.3 Å². The fraction of sp³-hybridized carbons (Fsp3) is 0.417. The molecule has 0 fully saturated rings. The van der Waals surface area contributed by atoms with Crippen LogP contribution in [0.2, 0.25) is 5.02 Å². The molecule has 0 aliphatic rings. The molecule has 2 unspecified atom stereocenters. The summed E-state index contributed by atoms with van der Waals surface area (Å²) in [6.07, 6.45) is -0.791. The second kappa shape index (κ2) is 7.33. The third-order valence-corrected chi connectivity index (χ3v) is 2.66. The highest BCUT2D eigenvalue weighted by molar-refractivity contribution is 6.30. The number of hydrogen-bond donors (Lipinski definition) is 3. The number of nitrogens with one attached hydrogen (secondary N) is 1. The highest BCUT2D eigenvalue weighted by Gasteiger charge is 2.15. The van der Waals surface area contributed by atoms with E-state index in [1.807, 2.05) is 0 Å². The summed E-state index contributed by atoms with van der Waals surface area (Å²) in [4.78, 5) is 11.5. The summed E-state index contributed by atoms with van der Waals surface area (Å²) >= 11 is 5.74. The highest BCUT2D eigenvalue weighted by atomic mass is 35.5.